The Morgan fingerprint density at radius 3 is 2.32 bits per heavy atom. The van der Waals surface area contributed by atoms with Crippen LogP contribution in [0.4, 0.5) is 0 Å². The van der Waals surface area contributed by atoms with Crippen molar-refractivity contribution in [3.63, 3.8) is 0 Å². The van der Waals surface area contributed by atoms with Crippen molar-refractivity contribution < 1.29 is 14.6 Å². The summed E-state index contributed by atoms with van der Waals surface area (Å²) >= 11 is 0. The van der Waals surface area contributed by atoms with Crippen LogP contribution in [-0.2, 0) is 9.47 Å². The molecular weight excluding hydrogens is 384 g/mol. The summed E-state index contributed by atoms with van der Waals surface area (Å²) in [5, 5.41) is 10.3. The summed E-state index contributed by atoms with van der Waals surface area (Å²) in [6, 6.07) is 0. The maximum absolute atomic E-state index is 10.3. The first-order chi connectivity index (χ1) is 14.6. The van der Waals surface area contributed by atoms with Gasteiger partial charge in [0.25, 0.3) is 0 Å². The summed E-state index contributed by atoms with van der Waals surface area (Å²) in [7, 11) is 0. The molecule has 2 aliphatic heterocycles. The van der Waals surface area contributed by atoms with Crippen LogP contribution in [0.5, 0.6) is 0 Å². The number of fused-ring (bicyclic) bond motifs is 7. The molecule has 0 bridgehead atoms. The molecule has 0 amide bonds. The largest absolute Gasteiger partial charge is 0.393 e. The van der Waals surface area contributed by atoms with Gasteiger partial charge in [0.1, 0.15) is 0 Å². The first-order valence-electron chi connectivity index (χ1n) is 13.6. The second-order valence-electron chi connectivity index (χ2n) is 14.1. The predicted octanol–water partition coefficient (Wildman–Crippen LogP) is 6.18. The molecule has 3 nitrogen and oxygen atoms in total. The highest BCUT2D eigenvalue weighted by Crippen LogP contribution is 2.71. The molecule has 6 aliphatic rings. The number of hydrogen-bond acceptors (Lipinski definition) is 3. The molecule has 0 aromatic carbocycles. The first-order valence-corrected chi connectivity index (χ1v) is 13.6. The Kier molecular flexibility index (Phi) is 4.65. The van der Waals surface area contributed by atoms with Crippen LogP contribution in [0.25, 0.3) is 0 Å². The van der Waals surface area contributed by atoms with Crippen molar-refractivity contribution in [2.24, 2.45) is 51.8 Å². The second-order valence-corrected chi connectivity index (χ2v) is 14.1. The van der Waals surface area contributed by atoms with E-state index < -0.39 is 0 Å². The Morgan fingerprint density at radius 2 is 1.58 bits per heavy atom. The maximum Gasteiger partial charge on any atom is 0.171 e. The van der Waals surface area contributed by atoms with Crippen LogP contribution in [0.2, 0.25) is 0 Å². The molecule has 6 rings (SSSR count). The third-order valence-corrected chi connectivity index (χ3v) is 12.2. The van der Waals surface area contributed by atoms with Gasteiger partial charge in [0.15, 0.2) is 5.79 Å². The lowest BCUT2D eigenvalue weighted by atomic mass is 9.44. The molecule has 31 heavy (non-hydrogen) atoms. The van der Waals surface area contributed by atoms with E-state index in [4.69, 9.17) is 9.47 Å². The maximum atomic E-state index is 10.3. The predicted molar refractivity (Wildman–Crippen MR) is 122 cm³/mol. The van der Waals surface area contributed by atoms with E-state index in [0.29, 0.717) is 28.8 Å². The first kappa shape index (κ1) is 21.4. The summed E-state index contributed by atoms with van der Waals surface area (Å²) in [6.07, 6.45) is 12.8. The molecule has 4 saturated carbocycles. The summed E-state index contributed by atoms with van der Waals surface area (Å²) in [5.74, 6) is 4.19. The zero-order chi connectivity index (χ0) is 21.8. The van der Waals surface area contributed by atoms with Crippen molar-refractivity contribution in [2.45, 2.75) is 117 Å². The van der Waals surface area contributed by atoms with Crippen LogP contribution in [0.3, 0.4) is 0 Å². The van der Waals surface area contributed by atoms with Crippen LogP contribution < -0.4 is 0 Å². The van der Waals surface area contributed by atoms with Crippen molar-refractivity contribution in [1.82, 2.24) is 0 Å². The van der Waals surface area contributed by atoms with Crippen molar-refractivity contribution in [2.75, 3.05) is 6.61 Å². The zero-order valence-corrected chi connectivity index (χ0v) is 20.7. The molecule has 2 heterocycles. The lowest BCUT2D eigenvalue weighted by molar-refractivity contribution is -0.283. The third kappa shape index (κ3) is 2.88. The van der Waals surface area contributed by atoms with E-state index >= 15 is 0 Å². The van der Waals surface area contributed by atoms with Crippen LogP contribution in [0.15, 0.2) is 0 Å². The van der Waals surface area contributed by atoms with E-state index in [1.807, 2.05) is 0 Å². The van der Waals surface area contributed by atoms with Crippen molar-refractivity contribution in [3.8, 4) is 0 Å². The molecular formula is C28H46O3. The molecule has 2 saturated heterocycles. The zero-order valence-electron chi connectivity index (χ0n) is 20.7. The number of aliphatic hydroxyl groups excluding tert-OH is 1. The van der Waals surface area contributed by atoms with Crippen LogP contribution in [0, 0.1) is 51.8 Å². The van der Waals surface area contributed by atoms with E-state index in [-0.39, 0.29) is 17.3 Å². The van der Waals surface area contributed by atoms with Crippen molar-refractivity contribution in [3.05, 3.63) is 0 Å². The molecule has 11 atom stereocenters. The van der Waals surface area contributed by atoms with E-state index in [0.717, 1.165) is 49.5 Å². The number of rotatable bonds is 0. The minimum absolute atomic E-state index is 0.0415. The standard InChI is InChI=1S/C28H46O3/c1-17-24-23(31-28(17)13-12-25(2,3)16-30-28)15-22-20-7-6-18-14-19(29)8-10-26(18,4)21(20)9-11-27(22,24)5/h17-24,29H,6-16H2,1-5H3/t17-,18+,19-,20+,21-,22-,23-,24-,26-,27-,28+/m0/s1. The highest BCUT2D eigenvalue weighted by atomic mass is 16.7. The van der Waals surface area contributed by atoms with Gasteiger partial charge in [-0.15, -0.1) is 0 Å². The molecule has 1 spiro atoms. The molecule has 0 aromatic rings. The fourth-order valence-electron chi connectivity index (χ4n) is 10.3. The summed E-state index contributed by atoms with van der Waals surface area (Å²) < 4.78 is 13.5. The van der Waals surface area contributed by atoms with Gasteiger partial charge in [0, 0.05) is 12.3 Å². The molecule has 0 radical (unpaired) electrons. The average Bonchev–Trinajstić information content (AvgIpc) is 3.16. The van der Waals surface area contributed by atoms with Crippen molar-refractivity contribution >= 4 is 0 Å². The van der Waals surface area contributed by atoms with Gasteiger partial charge in [0.2, 0.25) is 0 Å². The van der Waals surface area contributed by atoms with E-state index in [1.165, 1.54) is 44.9 Å². The van der Waals surface area contributed by atoms with Gasteiger partial charge in [-0.25, -0.2) is 0 Å². The van der Waals surface area contributed by atoms with E-state index in [1.54, 1.807) is 0 Å². The van der Waals surface area contributed by atoms with E-state index in [2.05, 4.69) is 34.6 Å². The van der Waals surface area contributed by atoms with Gasteiger partial charge >= 0.3 is 0 Å². The minimum Gasteiger partial charge on any atom is -0.393 e. The lowest BCUT2D eigenvalue weighted by Crippen LogP contribution is -2.55. The van der Waals surface area contributed by atoms with Gasteiger partial charge in [-0.2, -0.15) is 0 Å². The van der Waals surface area contributed by atoms with Gasteiger partial charge in [0.05, 0.1) is 18.8 Å². The highest BCUT2D eigenvalue weighted by molar-refractivity contribution is 5.15. The monoisotopic (exact) mass is 430 g/mol. The molecule has 0 aromatic heterocycles. The fraction of sp³-hybridized carbons (Fsp3) is 1.00. The molecule has 1 N–H and O–H groups in total. The Morgan fingerprint density at radius 1 is 0.806 bits per heavy atom. The minimum atomic E-state index is -0.307. The Labute approximate surface area is 190 Å². The third-order valence-electron chi connectivity index (χ3n) is 12.2. The Bertz CT molecular complexity index is 722. The highest BCUT2D eigenvalue weighted by Gasteiger charge is 2.69. The topological polar surface area (TPSA) is 38.7 Å². The summed E-state index contributed by atoms with van der Waals surface area (Å²) in [4.78, 5) is 0. The molecule has 6 fully saturated rings. The normalized spacial score (nSPS) is 60.2. The smallest absolute Gasteiger partial charge is 0.171 e. The number of ether oxygens (including phenoxy) is 2. The molecule has 4 aliphatic carbocycles. The van der Waals surface area contributed by atoms with E-state index in [9.17, 15) is 5.11 Å². The lowest BCUT2D eigenvalue weighted by Gasteiger charge is -2.61. The van der Waals surface area contributed by atoms with Gasteiger partial charge in [-0.05, 0) is 104 Å². The van der Waals surface area contributed by atoms with Gasteiger partial charge in [-0.3, -0.25) is 0 Å². The number of aliphatic hydroxyl groups is 1. The summed E-state index contributed by atoms with van der Waals surface area (Å²) in [6.45, 7) is 13.2. The molecule has 3 heteroatoms. The Hall–Kier alpha value is -0.120. The molecule has 176 valence electrons. The molecule has 0 unspecified atom stereocenters. The summed E-state index contributed by atoms with van der Waals surface area (Å²) in [5.41, 5.74) is 1.17. The second kappa shape index (κ2) is 6.72. The van der Waals surface area contributed by atoms with Crippen LogP contribution in [0.1, 0.15) is 98.8 Å². The van der Waals surface area contributed by atoms with Crippen molar-refractivity contribution in [1.29, 1.82) is 0 Å². The number of hydrogen-bond donors (Lipinski definition) is 1. The SMILES string of the molecule is C[C@H]1[C@H]2[C@H](C[C@H]3[C@@H]4CC[C@@H]5C[C@@H](O)CC[C@]5(C)[C@H]4CC[C@]23C)O[C@]12CCC(C)(C)CO2. The van der Waals surface area contributed by atoms with Crippen LogP contribution >= 0.6 is 0 Å². The quantitative estimate of drug-likeness (QED) is 0.498. The van der Waals surface area contributed by atoms with Gasteiger partial charge < -0.3 is 14.6 Å². The average molecular weight is 431 g/mol. The van der Waals surface area contributed by atoms with Crippen LogP contribution in [-0.4, -0.2) is 29.7 Å². The van der Waals surface area contributed by atoms with Gasteiger partial charge in [-0.1, -0.05) is 34.6 Å². The Balaban J connectivity index is 1.25. The fourth-order valence-corrected chi connectivity index (χ4v) is 10.3.